The van der Waals surface area contributed by atoms with E-state index in [1.807, 2.05) is 6.07 Å². The molecule has 5 heteroatoms. The number of halogens is 1. The average molecular weight is 405 g/mol. The van der Waals surface area contributed by atoms with E-state index >= 15 is 0 Å². The minimum Gasteiger partial charge on any atom is -0.497 e. The van der Waals surface area contributed by atoms with E-state index in [1.54, 1.807) is 14.2 Å². The molecule has 1 saturated heterocycles. The van der Waals surface area contributed by atoms with Crippen molar-refractivity contribution in [2.75, 3.05) is 45.3 Å². The molecule has 1 atom stereocenters. The number of piperazine rings is 1. The summed E-state index contributed by atoms with van der Waals surface area (Å²) in [6.07, 6.45) is 0. The molecule has 3 rings (SSSR count). The monoisotopic (exact) mass is 404 g/mol. The zero-order valence-electron chi connectivity index (χ0n) is 15.0. The van der Waals surface area contributed by atoms with Crippen LogP contribution in [-0.2, 0) is 0 Å². The summed E-state index contributed by atoms with van der Waals surface area (Å²) in [6, 6.07) is 15.1. The van der Waals surface area contributed by atoms with Gasteiger partial charge in [0.05, 0.1) is 18.7 Å². The Morgan fingerprint density at radius 3 is 2.40 bits per heavy atom. The Labute approximate surface area is 158 Å². The first-order valence-electron chi connectivity index (χ1n) is 8.59. The Balaban J connectivity index is 1.65. The van der Waals surface area contributed by atoms with Gasteiger partial charge in [-0.25, -0.2) is 0 Å². The van der Waals surface area contributed by atoms with Gasteiger partial charge in [-0.2, -0.15) is 0 Å². The molecule has 1 aliphatic heterocycles. The van der Waals surface area contributed by atoms with Gasteiger partial charge in [0, 0.05) is 44.0 Å². The van der Waals surface area contributed by atoms with Gasteiger partial charge in [0.1, 0.15) is 11.5 Å². The predicted octanol–water partition coefficient (Wildman–Crippen LogP) is 4.35. The lowest BCUT2D eigenvalue weighted by Crippen LogP contribution is -2.47. The van der Waals surface area contributed by atoms with Crippen molar-refractivity contribution in [1.82, 2.24) is 4.90 Å². The van der Waals surface area contributed by atoms with Gasteiger partial charge in [-0.05, 0) is 52.7 Å². The lowest BCUT2D eigenvalue weighted by molar-refractivity contribution is 0.198. The quantitative estimate of drug-likeness (QED) is 0.739. The molecule has 25 heavy (non-hydrogen) atoms. The molecule has 0 N–H and O–H groups in total. The third kappa shape index (κ3) is 4.10. The van der Waals surface area contributed by atoms with Crippen LogP contribution >= 0.6 is 15.9 Å². The van der Waals surface area contributed by atoms with E-state index in [4.69, 9.17) is 9.47 Å². The molecule has 1 heterocycles. The maximum atomic E-state index is 5.42. The zero-order valence-corrected chi connectivity index (χ0v) is 16.6. The molecular formula is C20H25BrN2O2. The van der Waals surface area contributed by atoms with E-state index in [0.717, 1.165) is 42.2 Å². The Kier molecular flexibility index (Phi) is 5.86. The maximum absolute atomic E-state index is 5.42. The van der Waals surface area contributed by atoms with E-state index in [-0.39, 0.29) is 0 Å². The summed E-state index contributed by atoms with van der Waals surface area (Å²) >= 11 is 3.52. The summed E-state index contributed by atoms with van der Waals surface area (Å²) in [6.45, 7) is 6.37. The Morgan fingerprint density at radius 1 is 0.960 bits per heavy atom. The molecule has 2 aromatic carbocycles. The number of benzene rings is 2. The second-order valence-electron chi connectivity index (χ2n) is 6.29. The van der Waals surface area contributed by atoms with Crippen LogP contribution < -0.4 is 14.4 Å². The standard InChI is InChI=1S/C20H25BrN2O2/c1-15(16-5-4-6-18(13-16)24-2)22-9-11-23(12-10-22)17-7-8-19(21)20(14-17)25-3/h4-8,13-15H,9-12H2,1-3H3. The summed E-state index contributed by atoms with van der Waals surface area (Å²) in [5.74, 6) is 1.80. The molecule has 134 valence electrons. The van der Waals surface area contributed by atoms with Crippen molar-refractivity contribution in [1.29, 1.82) is 0 Å². The van der Waals surface area contributed by atoms with Crippen LogP contribution in [0.4, 0.5) is 5.69 Å². The molecule has 0 saturated carbocycles. The summed E-state index contributed by atoms with van der Waals surface area (Å²) in [5.41, 5.74) is 2.52. The van der Waals surface area contributed by atoms with Crippen molar-refractivity contribution in [3.8, 4) is 11.5 Å². The SMILES string of the molecule is COc1cccc(C(C)N2CCN(c3ccc(Br)c(OC)c3)CC2)c1. The summed E-state index contributed by atoms with van der Waals surface area (Å²) in [7, 11) is 3.42. The highest BCUT2D eigenvalue weighted by Crippen LogP contribution is 2.31. The minimum atomic E-state index is 0.386. The Morgan fingerprint density at radius 2 is 1.72 bits per heavy atom. The van der Waals surface area contributed by atoms with E-state index < -0.39 is 0 Å². The van der Waals surface area contributed by atoms with Gasteiger partial charge in [-0.3, -0.25) is 4.90 Å². The first-order chi connectivity index (χ1) is 12.1. The fourth-order valence-corrected chi connectivity index (χ4v) is 3.73. The molecule has 1 fully saturated rings. The normalized spacial score (nSPS) is 16.6. The molecular weight excluding hydrogens is 380 g/mol. The van der Waals surface area contributed by atoms with Gasteiger partial charge in [0.25, 0.3) is 0 Å². The third-order valence-corrected chi connectivity index (χ3v) is 5.59. The highest BCUT2D eigenvalue weighted by molar-refractivity contribution is 9.10. The van der Waals surface area contributed by atoms with Crippen molar-refractivity contribution in [3.05, 3.63) is 52.5 Å². The third-order valence-electron chi connectivity index (χ3n) is 4.94. The molecule has 0 aromatic heterocycles. The molecule has 4 nitrogen and oxygen atoms in total. The van der Waals surface area contributed by atoms with E-state index in [2.05, 4.69) is 69.1 Å². The smallest absolute Gasteiger partial charge is 0.135 e. The van der Waals surface area contributed by atoms with Crippen LogP contribution in [-0.4, -0.2) is 45.3 Å². The molecule has 0 amide bonds. The van der Waals surface area contributed by atoms with E-state index in [9.17, 15) is 0 Å². The fourth-order valence-electron chi connectivity index (χ4n) is 3.32. The number of hydrogen-bond acceptors (Lipinski definition) is 4. The van der Waals surface area contributed by atoms with Gasteiger partial charge in [-0.1, -0.05) is 12.1 Å². The van der Waals surface area contributed by atoms with Crippen molar-refractivity contribution < 1.29 is 9.47 Å². The van der Waals surface area contributed by atoms with Crippen LogP contribution in [0.25, 0.3) is 0 Å². The second kappa shape index (κ2) is 8.11. The van der Waals surface area contributed by atoms with Crippen molar-refractivity contribution in [2.24, 2.45) is 0 Å². The molecule has 1 unspecified atom stereocenters. The van der Waals surface area contributed by atoms with Crippen LogP contribution in [0, 0.1) is 0 Å². The van der Waals surface area contributed by atoms with Gasteiger partial charge < -0.3 is 14.4 Å². The van der Waals surface area contributed by atoms with Crippen LogP contribution in [0.1, 0.15) is 18.5 Å². The Bertz CT molecular complexity index is 715. The summed E-state index contributed by atoms with van der Waals surface area (Å²) in [5, 5.41) is 0. The van der Waals surface area contributed by atoms with Crippen LogP contribution in [0.2, 0.25) is 0 Å². The minimum absolute atomic E-state index is 0.386. The van der Waals surface area contributed by atoms with Crippen LogP contribution in [0.5, 0.6) is 11.5 Å². The lowest BCUT2D eigenvalue weighted by atomic mass is 10.1. The highest BCUT2D eigenvalue weighted by atomic mass is 79.9. The summed E-state index contributed by atoms with van der Waals surface area (Å²) < 4.78 is 11.8. The topological polar surface area (TPSA) is 24.9 Å². The van der Waals surface area contributed by atoms with Crippen molar-refractivity contribution in [3.63, 3.8) is 0 Å². The fraction of sp³-hybridized carbons (Fsp3) is 0.400. The van der Waals surface area contributed by atoms with E-state index in [1.165, 1.54) is 11.3 Å². The zero-order chi connectivity index (χ0) is 17.8. The number of methoxy groups -OCH3 is 2. The van der Waals surface area contributed by atoms with Gasteiger partial charge >= 0.3 is 0 Å². The number of hydrogen-bond donors (Lipinski definition) is 0. The average Bonchev–Trinajstić information content (AvgIpc) is 2.68. The number of nitrogens with zero attached hydrogens (tertiary/aromatic N) is 2. The van der Waals surface area contributed by atoms with Crippen molar-refractivity contribution >= 4 is 21.6 Å². The summed E-state index contributed by atoms with van der Waals surface area (Å²) in [4.78, 5) is 4.95. The highest BCUT2D eigenvalue weighted by Gasteiger charge is 2.23. The van der Waals surface area contributed by atoms with Gasteiger partial charge in [-0.15, -0.1) is 0 Å². The van der Waals surface area contributed by atoms with Crippen LogP contribution in [0.3, 0.4) is 0 Å². The number of anilines is 1. The lowest BCUT2D eigenvalue weighted by Gasteiger charge is -2.39. The number of rotatable bonds is 5. The van der Waals surface area contributed by atoms with Crippen molar-refractivity contribution in [2.45, 2.75) is 13.0 Å². The molecule has 0 spiro atoms. The van der Waals surface area contributed by atoms with Gasteiger partial charge in [0.2, 0.25) is 0 Å². The predicted molar refractivity (Wildman–Crippen MR) is 106 cm³/mol. The molecule has 1 aliphatic rings. The molecule has 0 aliphatic carbocycles. The molecule has 0 radical (unpaired) electrons. The van der Waals surface area contributed by atoms with Gasteiger partial charge in [0.15, 0.2) is 0 Å². The molecule has 0 bridgehead atoms. The molecule has 2 aromatic rings. The van der Waals surface area contributed by atoms with Crippen LogP contribution in [0.15, 0.2) is 46.9 Å². The number of ether oxygens (including phenoxy) is 2. The largest absolute Gasteiger partial charge is 0.497 e. The van der Waals surface area contributed by atoms with E-state index in [0.29, 0.717) is 6.04 Å². The first kappa shape index (κ1) is 18.1. The maximum Gasteiger partial charge on any atom is 0.135 e. The Hall–Kier alpha value is -1.72. The second-order valence-corrected chi connectivity index (χ2v) is 7.15. The first-order valence-corrected chi connectivity index (χ1v) is 9.38.